The van der Waals surface area contributed by atoms with Crippen molar-refractivity contribution in [2.24, 2.45) is 5.92 Å². The van der Waals surface area contributed by atoms with Crippen LogP contribution in [0, 0.1) is 5.92 Å². The lowest BCUT2D eigenvalue weighted by atomic mass is 10.0. The van der Waals surface area contributed by atoms with E-state index in [2.05, 4.69) is 10.1 Å². The van der Waals surface area contributed by atoms with Crippen molar-refractivity contribution >= 4 is 11.9 Å². The minimum Gasteiger partial charge on any atom is -0.468 e. The van der Waals surface area contributed by atoms with Gasteiger partial charge in [0, 0.05) is 27.1 Å². The Morgan fingerprint density at radius 2 is 1.88 bits per heavy atom. The molecule has 5 heteroatoms. The zero-order valence-corrected chi connectivity index (χ0v) is 10.7. The first-order valence-corrected chi connectivity index (χ1v) is 5.41. The predicted octanol–water partition coefficient (Wildman–Crippen LogP) is 0.252. The van der Waals surface area contributed by atoms with Crippen LogP contribution in [0.4, 0.5) is 0 Å². The molecule has 1 N–H and O–H groups in total. The van der Waals surface area contributed by atoms with Crippen molar-refractivity contribution in [3.63, 3.8) is 0 Å². The topological polar surface area (TPSA) is 58.6 Å². The van der Waals surface area contributed by atoms with Crippen LogP contribution in [-0.2, 0) is 14.3 Å². The van der Waals surface area contributed by atoms with Gasteiger partial charge in [0.1, 0.15) is 6.04 Å². The molecule has 0 aromatic heterocycles. The molecule has 0 aromatic carbocycles. The van der Waals surface area contributed by atoms with E-state index in [4.69, 9.17) is 0 Å². The second-order valence-electron chi connectivity index (χ2n) is 4.24. The van der Waals surface area contributed by atoms with Gasteiger partial charge in [0.05, 0.1) is 7.11 Å². The van der Waals surface area contributed by atoms with Gasteiger partial charge in [-0.25, -0.2) is 0 Å². The van der Waals surface area contributed by atoms with Crippen molar-refractivity contribution in [2.75, 3.05) is 27.7 Å². The highest BCUT2D eigenvalue weighted by atomic mass is 16.5. The fraction of sp³-hybridized carbons (Fsp3) is 0.818. The maximum Gasteiger partial charge on any atom is 0.323 e. The lowest BCUT2D eigenvalue weighted by Gasteiger charge is -2.20. The van der Waals surface area contributed by atoms with Crippen molar-refractivity contribution in [3.8, 4) is 0 Å². The first kappa shape index (κ1) is 14.9. The number of ether oxygens (including phenoxy) is 1. The van der Waals surface area contributed by atoms with Crippen LogP contribution in [0.25, 0.3) is 0 Å². The van der Waals surface area contributed by atoms with Crippen molar-refractivity contribution in [1.82, 2.24) is 10.2 Å². The molecule has 1 amide bonds. The number of rotatable bonds is 6. The molecule has 0 aliphatic rings. The average Bonchev–Trinajstić information content (AvgIpc) is 2.22. The molecule has 0 fully saturated rings. The van der Waals surface area contributed by atoms with Crippen LogP contribution in [-0.4, -0.2) is 50.6 Å². The highest BCUT2D eigenvalue weighted by molar-refractivity contribution is 5.77. The van der Waals surface area contributed by atoms with Gasteiger partial charge in [0.15, 0.2) is 0 Å². The summed E-state index contributed by atoms with van der Waals surface area (Å²) in [6, 6.07) is -0.347. The van der Waals surface area contributed by atoms with Crippen molar-refractivity contribution in [3.05, 3.63) is 0 Å². The van der Waals surface area contributed by atoms with Crippen LogP contribution in [0.15, 0.2) is 0 Å². The molecular weight excluding hydrogens is 208 g/mol. The molecule has 0 aliphatic carbocycles. The quantitative estimate of drug-likeness (QED) is 0.665. The Hall–Kier alpha value is -1.10. The molecule has 0 spiro atoms. The van der Waals surface area contributed by atoms with Crippen molar-refractivity contribution in [1.29, 1.82) is 0 Å². The van der Waals surface area contributed by atoms with Crippen LogP contribution in [0.5, 0.6) is 0 Å². The summed E-state index contributed by atoms with van der Waals surface area (Å²) in [7, 11) is 4.79. The lowest BCUT2D eigenvalue weighted by molar-refractivity contribution is -0.144. The van der Waals surface area contributed by atoms with Gasteiger partial charge in [0.25, 0.3) is 0 Å². The van der Waals surface area contributed by atoms with E-state index in [1.807, 2.05) is 13.8 Å². The number of nitrogens with one attached hydrogen (secondary N) is 1. The third-order valence-electron chi connectivity index (χ3n) is 2.32. The molecular formula is C11H22N2O3. The van der Waals surface area contributed by atoms with E-state index in [0.29, 0.717) is 13.0 Å². The number of amides is 1. The molecule has 16 heavy (non-hydrogen) atoms. The fourth-order valence-corrected chi connectivity index (χ4v) is 1.28. The summed E-state index contributed by atoms with van der Waals surface area (Å²) in [6.45, 7) is 4.35. The summed E-state index contributed by atoms with van der Waals surface area (Å²) in [4.78, 5) is 24.2. The maximum absolute atomic E-state index is 11.4. The first-order valence-electron chi connectivity index (χ1n) is 5.41. The summed E-state index contributed by atoms with van der Waals surface area (Å²) >= 11 is 0. The summed E-state index contributed by atoms with van der Waals surface area (Å²) in [5, 5.41) is 3.03. The van der Waals surface area contributed by atoms with Crippen LogP contribution >= 0.6 is 0 Å². The number of carbonyl (C=O) groups is 2. The molecule has 0 rings (SSSR count). The molecule has 5 nitrogen and oxygen atoms in total. The average molecular weight is 230 g/mol. The molecule has 94 valence electrons. The molecule has 0 bridgehead atoms. The smallest absolute Gasteiger partial charge is 0.323 e. The third kappa shape index (κ3) is 5.11. The van der Waals surface area contributed by atoms with Crippen LogP contribution in [0.1, 0.15) is 20.3 Å². The van der Waals surface area contributed by atoms with Gasteiger partial charge in [-0.3, -0.25) is 9.59 Å². The second-order valence-corrected chi connectivity index (χ2v) is 4.24. The highest BCUT2D eigenvalue weighted by Crippen LogP contribution is 2.03. The van der Waals surface area contributed by atoms with Crippen LogP contribution in [0.2, 0.25) is 0 Å². The number of carbonyl (C=O) groups excluding carboxylic acids is 2. The fourth-order valence-electron chi connectivity index (χ4n) is 1.28. The zero-order chi connectivity index (χ0) is 12.7. The number of methoxy groups -OCH3 is 1. The van der Waals surface area contributed by atoms with Gasteiger partial charge in [-0.15, -0.1) is 0 Å². The Morgan fingerprint density at radius 3 is 2.25 bits per heavy atom. The number of hydrogen-bond acceptors (Lipinski definition) is 4. The largest absolute Gasteiger partial charge is 0.468 e. The van der Waals surface area contributed by atoms with Gasteiger partial charge in [-0.05, 0) is 5.92 Å². The van der Waals surface area contributed by atoms with Gasteiger partial charge >= 0.3 is 5.97 Å². The SMILES string of the molecule is COC(=O)C(NCCC(=O)N(C)C)C(C)C. The monoisotopic (exact) mass is 230 g/mol. The van der Waals surface area contributed by atoms with Crippen LogP contribution < -0.4 is 5.32 Å². The second kappa shape index (κ2) is 7.22. The molecule has 1 unspecified atom stereocenters. The summed E-state index contributed by atoms with van der Waals surface area (Å²) < 4.78 is 4.68. The number of nitrogens with zero attached hydrogens (tertiary/aromatic N) is 1. The minimum absolute atomic E-state index is 0.0415. The Balaban J connectivity index is 4.04. The number of hydrogen-bond donors (Lipinski definition) is 1. The van der Waals surface area contributed by atoms with E-state index >= 15 is 0 Å². The predicted molar refractivity (Wildman–Crippen MR) is 62.0 cm³/mol. The van der Waals surface area contributed by atoms with E-state index in [1.165, 1.54) is 12.0 Å². The first-order chi connectivity index (χ1) is 7.40. The van der Waals surface area contributed by atoms with Gasteiger partial charge < -0.3 is 15.0 Å². The normalized spacial score (nSPS) is 12.4. The standard InChI is InChI=1S/C11H22N2O3/c1-8(2)10(11(15)16-5)12-7-6-9(14)13(3)4/h8,10,12H,6-7H2,1-5H3. The van der Waals surface area contributed by atoms with Gasteiger partial charge in [-0.1, -0.05) is 13.8 Å². The molecule has 1 atom stereocenters. The van der Waals surface area contributed by atoms with E-state index in [1.54, 1.807) is 14.1 Å². The van der Waals surface area contributed by atoms with Gasteiger partial charge in [0.2, 0.25) is 5.91 Å². The Labute approximate surface area is 97.1 Å². The minimum atomic E-state index is -0.347. The van der Waals surface area contributed by atoms with E-state index in [9.17, 15) is 9.59 Å². The maximum atomic E-state index is 11.4. The molecule has 0 radical (unpaired) electrons. The van der Waals surface area contributed by atoms with Gasteiger partial charge in [-0.2, -0.15) is 0 Å². The molecule has 0 heterocycles. The third-order valence-corrected chi connectivity index (χ3v) is 2.32. The van der Waals surface area contributed by atoms with Crippen molar-refractivity contribution in [2.45, 2.75) is 26.3 Å². The van der Waals surface area contributed by atoms with E-state index in [0.717, 1.165) is 0 Å². The summed E-state index contributed by atoms with van der Waals surface area (Å²) in [6.07, 6.45) is 0.382. The highest BCUT2D eigenvalue weighted by Gasteiger charge is 2.22. The van der Waals surface area contributed by atoms with Crippen LogP contribution in [0.3, 0.4) is 0 Å². The summed E-state index contributed by atoms with van der Waals surface area (Å²) in [5.41, 5.74) is 0. The molecule has 0 saturated carbocycles. The Kier molecular flexibility index (Phi) is 6.72. The van der Waals surface area contributed by atoms with Crippen molar-refractivity contribution < 1.29 is 14.3 Å². The number of esters is 1. The zero-order valence-electron chi connectivity index (χ0n) is 10.7. The Bertz CT molecular complexity index is 239. The van der Waals surface area contributed by atoms with E-state index in [-0.39, 0.29) is 23.8 Å². The molecule has 0 saturated heterocycles. The molecule has 0 aliphatic heterocycles. The molecule has 0 aromatic rings. The summed E-state index contributed by atoms with van der Waals surface area (Å²) in [5.74, 6) is -0.103. The Morgan fingerprint density at radius 1 is 1.31 bits per heavy atom. The lowest BCUT2D eigenvalue weighted by Crippen LogP contribution is -2.43. The van der Waals surface area contributed by atoms with E-state index < -0.39 is 0 Å².